The maximum Gasteiger partial charge on any atom is 0.283 e. The zero-order valence-corrected chi connectivity index (χ0v) is 18.7. The molecule has 0 aliphatic carbocycles. The normalized spacial score (nSPS) is 11.1. The van der Waals surface area contributed by atoms with E-state index in [1.165, 1.54) is 12.3 Å². The fourth-order valence-electron chi connectivity index (χ4n) is 3.02. The summed E-state index contributed by atoms with van der Waals surface area (Å²) in [6.07, 6.45) is 7.67. The van der Waals surface area contributed by atoms with Crippen LogP contribution in [-0.4, -0.2) is 41.3 Å². The van der Waals surface area contributed by atoms with E-state index >= 15 is 0 Å². The Morgan fingerprint density at radius 1 is 1.16 bits per heavy atom. The number of unbranched alkanes of at least 4 members (excludes halogenated alkanes) is 1. The minimum Gasteiger partial charge on any atom is -0.493 e. The number of carbonyl (C=O) groups excluding carboxylic acids is 1. The van der Waals surface area contributed by atoms with Crippen LogP contribution in [0.3, 0.4) is 0 Å². The summed E-state index contributed by atoms with van der Waals surface area (Å²) < 4.78 is 22.1. The molecule has 0 radical (unpaired) electrons. The summed E-state index contributed by atoms with van der Waals surface area (Å²) in [4.78, 5) is 14.5. The van der Waals surface area contributed by atoms with Gasteiger partial charge in [0.05, 0.1) is 26.5 Å². The van der Waals surface area contributed by atoms with Gasteiger partial charge in [-0.1, -0.05) is 26.3 Å². The molecule has 170 valence electrons. The van der Waals surface area contributed by atoms with Crippen LogP contribution in [0.15, 0.2) is 51.5 Å². The lowest BCUT2D eigenvalue weighted by Gasteiger charge is -2.18. The molecule has 0 spiro atoms. The van der Waals surface area contributed by atoms with Crippen LogP contribution >= 0.6 is 0 Å². The minimum atomic E-state index is -0.146. The van der Waals surface area contributed by atoms with E-state index in [0.29, 0.717) is 36.3 Å². The van der Waals surface area contributed by atoms with Gasteiger partial charge in [-0.25, -0.2) is 0 Å². The zero-order valence-electron chi connectivity index (χ0n) is 18.7. The quantitative estimate of drug-likeness (QED) is 0.291. The summed E-state index contributed by atoms with van der Waals surface area (Å²) >= 11 is 0. The second-order valence-corrected chi connectivity index (χ2v) is 7.18. The molecular weight excluding hydrogens is 410 g/mol. The molecule has 0 aliphatic heterocycles. The molecule has 0 fully saturated rings. The van der Waals surface area contributed by atoms with Crippen molar-refractivity contribution in [2.75, 3.05) is 20.3 Å². The largest absolute Gasteiger partial charge is 0.493 e. The first-order valence-electron chi connectivity index (χ1n) is 10.8. The first-order valence-corrected chi connectivity index (χ1v) is 10.8. The fourth-order valence-corrected chi connectivity index (χ4v) is 3.02. The van der Waals surface area contributed by atoms with Gasteiger partial charge in [-0.2, -0.15) is 0 Å². The van der Waals surface area contributed by atoms with Gasteiger partial charge in [0.15, 0.2) is 17.3 Å². The number of benzene rings is 1. The van der Waals surface area contributed by atoms with Gasteiger partial charge < -0.3 is 23.2 Å². The molecule has 3 rings (SSSR count). The topological polar surface area (TPSA) is 90.8 Å². The molecule has 0 N–H and O–H groups in total. The van der Waals surface area contributed by atoms with Crippen LogP contribution in [0, 0.1) is 0 Å². The molecule has 0 bridgehead atoms. The summed E-state index contributed by atoms with van der Waals surface area (Å²) in [6, 6.07) is 9.09. The van der Waals surface area contributed by atoms with E-state index in [1.54, 1.807) is 30.2 Å². The van der Waals surface area contributed by atoms with Crippen LogP contribution in [-0.2, 0) is 11.3 Å². The number of amides is 1. The Balaban J connectivity index is 1.66. The van der Waals surface area contributed by atoms with Crippen LogP contribution in [0.2, 0.25) is 0 Å². The Kier molecular flexibility index (Phi) is 8.48. The van der Waals surface area contributed by atoms with Gasteiger partial charge >= 0.3 is 0 Å². The molecule has 0 saturated carbocycles. The highest BCUT2D eigenvalue weighted by Crippen LogP contribution is 2.29. The van der Waals surface area contributed by atoms with Crippen molar-refractivity contribution in [3.05, 3.63) is 54.1 Å². The highest BCUT2D eigenvalue weighted by Gasteiger charge is 2.17. The predicted molar refractivity (Wildman–Crippen MR) is 120 cm³/mol. The molecule has 0 saturated heterocycles. The molecular formula is C24H29N3O5. The summed E-state index contributed by atoms with van der Waals surface area (Å²) in [5, 5.41) is 8.02. The Labute approximate surface area is 187 Å². The summed E-state index contributed by atoms with van der Waals surface area (Å²) in [5.41, 5.74) is 0.840. The average molecular weight is 440 g/mol. The van der Waals surface area contributed by atoms with Crippen molar-refractivity contribution in [3.63, 3.8) is 0 Å². The summed E-state index contributed by atoms with van der Waals surface area (Å²) in [7, 11) is 1.60. The number of ether oxygens (including phenoxy) is 2. The Morgan fingerprint density at radius 3 is 2.75 bits per heavy atom. The van der Waals surface area contributed by atoms with E-state index in [-0.39, 0.29) is 18.3 Å². The third kappa shape index (κ3) is 6.23. The van der Waals surface area contributed by atoms with Crippen LogP contribution in [0.25, 0.3) is 17.7 Å². The van der Waals surface area contributed by atoms with Crippen molar-refractivity contribution in [3.8, 4) is 23.1 Å². The van der Waals surface area contributed by atoms with E-state index in [9.17, 15) is 4.79 Å². The molecule has 2 heterocycles. The number of methoxy groups -OCH3 is 1. The SMILES string of the molecule is CCCCOc1ccc(/C=C/C(=O)N(CCC)Cc2nnc(-c3ccco3)o2)cc1OC. The Morgan fingerprint density at radius 2 is 2.03 bits per heavy atom. The molecule has 2 aromatic heterocycles. The number of carbonyl (C=O) groups is 1. The third-order valence-corrected chi connectivity index (χ3v) is 4.69. The molecule has 0 atom stereocenters. The van der Waals surface area contributed by atoms with Crippen LogP contribution < -0.4 is 9.47 Å². The van der Waals surface area contributed by atoms with Crippen molar-refractivity contribution in [2.45, 2.75) is 39.7 Å². The van der Waals surface area contributed by atoms with Gasteiger partial charge in [0.1, 0.15) is 0 Å². The highest BCUT2D eigenvalue weighted by molar-refractivity contribution is 5.91. The first kappa shape index (κ1) is 23.1. The van der Waals surface area contributed by atoms with E-state index in [1.807, 2.05) is 25.1 Å². The highest BCUT2D eigenvalue weighted by atomic mass is 16.5. The van der Waals surface area contributed by atoms with Gasteiger partial charge in [-0.15, -0.1) is 10.2 Å². The number of nitrogens with zero attached hydrogens (tertiary/aromatic N) is 3. The molecule has 8 nitrogen and oxygen atoms in total. The second-order valence-electron chi connectivity index (χ2n) is 7.18. The molecule has 32 heavy (non-hydrogen) atoms. The monoisotopic (exact) mass is 439 g/mol. The maximum absolute atomic E-state index is 12.8. The van der Waals surface area contributed by atoms with Gasteiger partial charge in [0.2, 0.25) is 11.8 Å². The van der Waals surface area contributed by atoms with E-state index in [2.05, 4.69) is 17.1 Å². The summed E-state index contributed by atoms with van der Waals surface area (Å²) in [6.45, 7) is 5.55. The van der Waals surface area contributed by atoms with Crippen molar-refractivity contribution in [1.29, 1.82) is 0 Å². The van der Waals surface area contributed by atoms with E-state index in [4.69, 9.17) is 18.3 Å². The Bertz CT molecular complexity index is 1010. The number of hydrogen-bond acceptors (Lipinski definition) is 7. The van der Waals surface area contributed by atoms with Gasteiger partial charge in [0, 0.05) is 12.6 Å². The standard InChI is InChI=1S/C24H29N3O5/c1-4-6-14-30-19-11-9-18(16-21(19)29-3)10-12-23(28)27(13-5-2)17-22-25-26-24(32-22)20-8-7-15-31-20/h7-12,15-16H,4-6,13-14,17H2,1-3H3/b12-10+. The zero-order chi connectivity index (χ0) is 22.8. The van der Waals surface area contributed by atoms with Crippen LogP contribution in [0.5, 0.6) is 11.5 Å². The lowest BCUT2D eigenvalue weighted by atomic mass is 10.2. The van der Waals surface area contributed by atoms with Gasteiger partial charge in [-0.05, 0) is 48.7 Å². The first-order chi connectivity index (χ1) is 15.6. The fraction of sp³-hybridized carbons (Fsp3) is 0.375. The number of aromatic nitrogens is 2. The third-order valence-electron chi connectivity index (χ3n) is 4.69. The van der Waals surface area contributed by atoms with Crippen molar-refractivity contribution in [1.82, 2.24) is 15.1 Å². The molecule has 8 heteroatoms. The smallest absolute Gasteiger partial charge is 0.283 e. The summed E-state index contributed by atoms with van der Waals surface area (Å²) in [5.74, 6) is 2.32. The van der Waals surface area contributed by atoms with Crippen molar-refractivity contribution < 1.29 is 23.1 Å². The molecule has 3 aromatic rings. The van der Waals surface area contributed by atoms with E-state index in [0.717, 1.165) is 24.8 Å². The average Bonchev–Trinajstić information content (AvgIpc) is 3.50. The lowest BCUT2D eigenvalue weighted by molar-refractivity contribution is -0.126. The Hall–Kier alpha value is -3.55. The second kappa shape index (κ2) is 11.7. The van der Waals surface area contributed by atoms with E-state index < -0.39 is 0 Å². The predicted octanol–water partition coefficient (Wildman–Crippen LogP) is 4.97. The number of hydrogen-bond donors (Lipinski definition) is 0. The van der Waals surface area contributed by atoms with Crippen LogP contribution in [0.4, 0.5) is 0 Å². The minimum absolute atomic E-state index is 0.146. The number of rotatable bonds is 12. The van der Waals surface area contributed by atoms with Gasteiger partial charge in [0.25, 0.3) is 5.89 Å². The number of furan rings is 1. The molecule has 0 unspecified atom stereocenters. The van der Waals surface area contributed by atoms with Crippen LogP contribution in [0.1, 0.15) is 44.6 Å². The van der Waals surface area contributed by atoms with Crippen molar-refractivity contribution in [2.24, 2.45) is 0 Å². The maximum atomic E-state index is 12.8. The molecule has 0 aliphatic rings. The molecule has 1 amide bonds. The lowest BCUT2D eigenvalue weighted by Crippen LogP contribution is -2.29. The molecule has 1 aromatic carbocycles. The van der Waals surface area contributed by atoms with Gasteiger partial charge in [-0.3, -0.25) is 4.79 Å². The van der Waals surface area contributed by atoms with Crippen molar-refractivity contribution >= 4 is 12.0 Å².